The van der Waals surface area contributed by atoms with E-state index in [0.717, 1.165) is 42.9 Å². The Labute approximate surface area is 160 Å². The second-order valence-corrected chi connectivity index (χ2v) is 9.15. The standard InChI is InChI=1S/C20H30N2O3S/c1-5-25-19(23)17-12-26-18-15(10-20(2,3)11-16(18)22-17)21-13-6-8-14(24-4)9-7-13/h6,8,16-18,22H,5,7,9-12H2,1-4H3. The summed E-state index contributed by atoms with van der Waals surface area (Å²) in [5, 5.41) is 3.89. The van der Waals surface area contributed by atoms with E-state index >= 15 is 0 Å². The van der Waals surface area contributed by atoms with Crippen LogP contribution >= 0.6 is 11.8 Å². The third-order valence-electron chi connectivity index (χ3n) is 5.19. The molecule has 144 valence electrons. The Morgan fingerprint density at radius 1 is 1.38 bits per heavy atom. The quantitative estimate of drug-likeness (QED) is 0.759. The van der Waals surface area contributed by atoms with Crippen LogP contribution in [0, 0.1) is 5.41 Å². The summed E-state index contributed by atoms with van der Waals surface area (Å²) >= 11 is 1.85. The highest BCUT2D eigenvalue weighted by molar-refractivity contribution is 8.00. The lowest BCUT2D eigenvalue weighted by Crippen LogP contribution is -2.59. The summed E-state index contributed by atoms with van der Waals surface area (Å²) < 4.78 is 10.5. The largest absolute Gasteiger partial charge is 0.501 e. The van der Waals surface area contributed by atoms with Gasteiger partial charge in [-0.1, -0.05) is 13.8 Å². The number of rotatable bonds is 4. The van der Waals surface area contributed by atoms with Crippen molar-refractivity contribution in [1.82, 2.24) is 5.32 Å². The van der Waals surface area contributed by atoms with Crippen LogP contribution in [0.3, 0.4) is 0 Å². The zero-order chi connectivity index (χ0) is 18.7. The zero-order valence-electron chi connectivity index (χ0n) is 16.2. The lowest BCUT2D eigenvalue weighted by Gasteiger charge is -2.46. The minimum Gasteiger partial charge on any atom is -0.501 e. The molecule has 5 nitrogen and oxygen atoms in total. The van der Waals surface area contributed by atoms with Gasteiger partial charge in [-0.3, -0.25) is 15.1 Å². The van der Waals surface area contributed by atoms with Gasteiger partial charge in [-0.15, -0.1) is 11.8 Å². The van der Waals surface area contributed by atoms with E-state index in [0.29, 0.717) is 11.9 Å². The summed E-state index contributed by atoms with van der Waals surface area (Å²) in [5.41, 5.74) is 2.56. The molecule has 0 aromatic rings. The van der Waals surface area contributed by atoms with Gasteiger partial charge >= 0.3 is 5.97 Å². The highest BCUT2D eigenvalue weighted by Crippen LogP contribution is 2.41. The predicted molar refractivity (Wildman–Crippen MR) is 106 cm³/mol. The topological polar surface area (TPSA) is 59.9 Å². The Kier molecular flexibility index (Phi) is 6.13. The number of allylic oxidation sites excluding steroid dienone is 4. The maximum Gasteiger partial charge on any atom is 0.323 e. The number of hydrogen-bond donors (Lipinski definition) is 1. The summed E-state index contributed by atoms with van der Waals surface area (Å²) in [6, 6.07) is 0.0531. The fourth-order valence-electron chi connectivity index (χ4n) is 4.00. The first-order valence-corrected chi connectivity index (χ1v) is 10.5. The van der Waals surface area contributed by atoms with Crippen LogP contribution in [0.4, 0.5) is 0 Å². The van der Waals surface area contributed by atoms with Crippen LogP contribution in [0.15, 0.2) is 28.6 Å². The van der Waals surface area contributed by atoms with Crippen LogP contribution in [0.25, 0.3) is 0 Å². The number of esters is 1. The fraction of sp³-hybridized carbons (Fsp3) is 0.700. The molecule has 1 heterocycles. The monoisotopic (exact) mass is 378 g/mol. The molecule has 2 fully saturated rings. The van der Waals surface area contributed by atoms with Crippen LogP contribution < -0.4 is 5.32 Å². The summed E-state index contributed by atoms with van der Waals surface area (Å²) in [6.07, 6.45) is 7.99. The van der Waals surface area contributed by atoms with Gasteiger partial charge in [-0.2, -0.15) is 0 Å². The van der Waals surface area contributed by atoms with Crippen molar-refractivity contribution in [3.8, 4) is 0 Å². The van der Waals surface area contributed by atoms with Gasteiger partial charge in [0.05, 0.1) is 24.7 Å². The highest BCUT2D eigenvalue weighted by atomic mass is 32.2. The van der Waals surface area contributed by atoms with Crippen molar-refractivity contribution in [2.45, 2.75) is 63.8 Å². The Morgan fingerprint density at radius 2 is 2.19 bits per heavy atom. The van der Waals surface area contributed by atoms with Gasteiger partial charge in [0.15, 0.2) is 0 Å². The van der Waals surface area contributed by atoms with Crippen LogP contribution in [0.5, 0.6) is 0 Å². The zero-order valence-corrected chi connectivity index (χ0v) is 17.0. The average molecular weight is 379 g/mol. The molecule has 0 bridgehead atoms. The van der Waals surface area contributed by atoms with E-state index in [1.165, 1.54) is 5.71 Å². The van der Waals surface area contributed by atoms with Crippen LogP contribution in [-0.4, -0.2) is 48.5 Å². The molecule has 1 saturated heterocycles. The molecule has 0 amide bonds. The van der Waals surface area contributed by atoms with E-state index in [-0.39, 0.29) is 23.5 Å². The van der Waals surface area contributed by atoms with Crippen LogP contribution in [0.2, 0.25) is 0 Å². The average Bonchev–Trinajstić information content (AvgIpc) is 2.61. The maximum atomic E-state index is 12.1. The SMILES string of the molecule is CCOC(=O)C1CSC2C(=NC3=CC=C(OC)CC3)CC(C)(C)CC2N1. The van der Waals surface area contributed by atoms with E-state index < -0.39 is 0 Å². The number of hydrogen-bond acceptors (Lipinski definition) is 6. The Bertz CT molecular complexity index is 639. The molecular weight excluding hydrogens is 348 g/mol. The van der Waals surface area contributed by atoms with Gasteiger partial charge in [0.25, 0.3) is 0 Å². The molecule has 6 heteroatoms. The smallest absolute Gasteiger partial charge is 0.323 e. The predicted octanol–water partition coefficient (Wildman–Crippen LogP) is 3.46. The molecule has 3 atom stereocenters. The molecule has 26 heavy (non-hydrogen) atoms. The van der Waals surface area contributed by atoms with Crippen molar-refractivity contribution >= 4 is 23.4 Å². The molecule has 0 radical (unpaired) electrons. The molecule has 1 aliphatic heterocycles. The summed E-state index contributed by atoms with van der Waals surface area (Å²) in [4.78, 5) is 17.2. The fourth-order valence-corrected chi connectivity index (χ4v) is 5.37. The molecule has 0 aromatic carbocycles. The van der Waals surface area contributed by atoms with Crippen molar-refractivity contribution in [2.24, 2.45) is 10.4 Å². The van der Waals surface area contributed by atoms with E-state index in [9.17, 15) is 4.79 Å². The normalized spacial score (nSPS) is 32.3. The lowest BCUT2D eigenvalue weighted by atomic mass is 9.73. The molecule has 0 spiro atoms. The van der Waals surface area contributed by atoms with Crippen molar-refractivity contribution in [1.29, 1.82) is 0 Å². The van der Waals surface area contributed by atoms with Gasteiger partial charge in [0.1, 0.15) is 6.04 Å². The van der Waals surface area contributed by atoms with E-state index in [4.69, 9.17) is 14.5 Å². The number of fused-ring (bicyclic) bond motifs is 1. The molecule has 3 aliphatic rings. The van der Waals surface area contributed by atoms with Gasteiger partial charge in [0, 0.05) is 29.6 Å². The second-order valence-electron chi connectivity index (χ2n) is 7.98. The van der Waals surface area contributed by atoms with Crippen molar-refractivity contribution in [2.75, 3.05) is 19.5 Å². The number of methoxy groups -OCH3 is 1. The van der Waals surface area contributed by atoms with E-state index in [1.807, 2.05) is 24.8 Å². The number of ether oxygens (including phenoxy) is 2. The van der Waals surface area contributed by atoms with Crippen LogP contribution in [0.1, 0.15) is 46.5 Å². The maximum absolute atomic E-state index is 12.1. The van der Waals surface area contributed by atoms with Gasteiger partial charge in [0.2, 0.25) is 0 Å². The molecule has 1 saturated carbocycles. The summed E-state index contributed by atoms with van der Waals surface area (Å²) in [6.45, 7) is 6.86. The number of nitrogens with one attached hydrogen (secondary N) is 1. The number of carbonyl (C=O) groups excluding carboxylic acids is 1. The van der Waals surface area contributed by atoms with Crippen LogP contribution in [-0.2, 0) is 14.3 Å². The van der Waals surface area contributed by atoms with Crippen molar-refractivity contribution < 1.29 is 14.3 Å². The molecular formula is C20H30N2O3S. The Morgan fingerprint density at radius 3 is 2.85 bits per heavy atom. The van der Waals surface area contributed by atoms with E-state index in [2.05, 4.69) is 25.2 Å². The number of thioether (sulfide) groups is 1. The number of carbonyl (C=O) groups is 1. The van der Waals surface area contributed by atoms with Gasteiger partial charge in [-0.05, 0) is 43.8 Å². The highest BCUT2D eigenvalue weighted by Gasteiger charge is 2.44. The minimum absolute atomic E-state index is 0.132. The summed E-state index contributed by atoms with van der Waals surface area (Å²) in [5.74, 6) is 1.63. The number of nitrogens with zero attached hydrogens (tertiary/aromatic N) is 1. The summed E-state index contributed by atoms with van der Waals surface area (Å²) in [7, 11) is 1.72. The van der Waals surface area contributed by atoms with E-state index in [1.54, 1.807) is 7.11 Å². The molecule has 2 aliphatic carbocycles. The first-order valence-electron chi connectivity index (χ1n) is 9.47. The third kappa shape index (κ3) is 4.52. The Balaban J connectivity index is 1.77. The molecule has 3 unspecified atom stereocenters. The van der Waals surface area contributed by atoms with Gasteiger partial charge in [-0.25, -0.2) is 0 Å². The second kappa shape index (κ2) is 8.17. The molecule has 0 aromatic heterocycles. The lowest BCUT2D eigenvalue weighted by molar-refractivity contribution is -0.145. The third-order valence-corrected chi connectivity index (χ3v) is 6.68. The van der Waals surface area contributed by atoms with Gasteiger partial charge < -0.3 is 9.47 Å². The van der Waals surface area contributed by atoms with Crippen molar-refractivity contribution in [3.63, 3.8) is 0 Å². The first-order chi connectivity index (χ1) is 12.4. The first kappa shape index (κ1) is 19.5. The minimum atomic E-state index is -0.211. The van der Waals surface area contributed by atoms with Crippen molar-refractivity contribution in [3.05, 3.63) is 23.6 Å². The Hall–Kier alpha value is -1.27. The molecule has 1 N–H and O–H groups in total. The number of aliphatic imine (C=N–C) groups is 1. The molecule has 3 rings (SSSR count).